The highest BCUT2D eigenvalue weighted by Crippen LogP contribution is 2.31. The molecule has 4 rings (SSSR count). The van der Waals surface area contributed by atoms with E-state index >= 15 is 0 Å². The van der Waals surface area contributed by atoms with Crippen molar-refractivity contribution in [2.24, 2.45) is 11.8 Å². The molecule has 49 heavy (non-hydrogen) atoms. The molecule has 0 aromatic heterocycles. The fourth-order valence-corrected chi connectivity index (χ4v) is 6.69. The lowest BCUT2D eigenvalue weighted by Crippen LogP contribution is -2.47. The molecule has 3 amide bonds. The molecule has 2 aliphatic rings. The molecule has 4 atom stereocenters. The summed E-state index contributed by atoms with van der Waals surface area (Å²) in [4.78, 5) is 31.2. The number of hydrogen-bond donors (Lipinski definition) is 3. The van der Waals surface area contributed by atoms with Crippen molar-refractivity contribution in [3.05, 3.63) is 53.6 Å². The third kappa shape index (κ3) is 11.6. The standard InChI is InChI=1S/C37H53F3N4O5/c1-25-21-44(26(2)24-45)35(46)32-20-31(42-36(47)41-30-15-13-29(14-16-30)37(38,39)40)17-18-33(32)49-27(3)10-8-9-19-48-34(25)23-43(4)22-28-11-6-5-7-12-28/h13-18,20,25-28,34,45H,5-12,19,21-24H2,1-4H3,(H2,41,42,47)/t25-,26-,27-,34-/m0/s1. The van der Waals surface area contributed by atoms with Crippen molar-refractivity contribution < 1.29 is 37.3 Å². The molecule has 0 spiro atoms. The number of benzene rings is 2. The first-order valence-corrected chi connectivity index (χ1v) is 17.6. The number of aliphatic hydroxyl groups is 1. The van der Waals surface area contributed by atoms with Crippen LogP contribution in [0.15, 0.2) is 42.5 Å². The highest BCUT2D eigenvalue weighted by molar-refractivity contribution is 6.02. The first-order chi connectivity index (χ1) is 23.3. The smallest absolute Gasteiger partial charge is 0.416 e. The van der Waals surface area contributed by atoms with Gasteiger partial charge in [0.25, 0.3) is 5.91 Å². The Hall–Kier alpha value is -3.35. The fraction of sp³-hybridized carbons (Fsp3) is 0.622. The molecule has 12 heteroatoms. The summed E-state index contributed by atoms with van der Waals surface area (Å²) in [7, 11) is 2.15. The van der Waals surface area contributed by atoms with Gasteiger partial charge in [-0.25, -0.2) is 4.79 Å². The van der Waals surface area contributed by atoms with E-state index in [0.29, 0.717) is 30.5 Å². The third-order valence-electron chi connectivity index (χ3n) is 9.57. The molecule has 0 radical (unpaired) electrons. The van der Waals surface area contributed by atoms with Crippen LogP contribution in [-0.4, -0.2) is 85.0 Å². The Kier molecular flexibility index (Phi) is 14.2. The molecule has 1 saturated carbocycles. The molecule has 272 valence electrons. The van der Waals surface area contributed by atoms with E-state index in [1.54, 1.807) is 24.0 Å². The van der Waals surface area contributed by atoms with E-state index in [2.05, 4.69) is 29.5 Å². The molecule has 1 aliphatic heterocycles. The molecular formula is C37H53F3N4O5. The lowest BCUT2D eigenvalue weighted by molar-refractivity contribution is -0.137. The van der Waals surface area contributed by atoms with Gasteiger partial charge >= 0.3 is 12.2 Å². The van der Waals surface area contributed by atoms with Crippen LogP contribution in [0.25, 0.3) is 0 Å². The summed E-state index contributed by atoms with van der Waals surface area (Å²) in [6.07, 6.45) is 4.13. The number of amides is 3. The highest BCUT2D eigenvalue weighted by Gasteiger charge is 2.32. The van der Waals surface area contributed by atoms with Gasteiger partial charge in [-0.2, -0.15) is 13.2 Å². The van der Waals surface area contributed by atoms with E-state index < -0.39 is 23.8 Å². The third-order valence-corrected chi connectivity index (χ3v) is 9.57. The van der Waals surface area contributed by atoms with Crippen molar-refractivity contribution in [1.29, 1.82) is 0 Å². The second kappa shape index (κ2) is 18.1. The van der Waals surface area contributed by atoms with Crippen LogP contribution in [0, 0.1) is 11.8 Å². The Morgan fingerprint density at radius 2 is 1.63 bits per heavy atom. The van der Waals surface area contributed by atoms with Crippen molar-refractivity contribution in [2.45, 2.75) is 96.6 Å². The van der Waals surface area contributed by atoms with E-state index in [-0.39, 0.29) is 41.9 Å². The zero-order chi connectivity index (χ0) is 35.6. The van der Waals surface area contributed by atoms with Gasteiger partial charge in [0.2, 0.25) is 0 Å². The predicted octanol–water partition coefficient (Wildman–Crippen LogP) is 7.66. The number of halogens is 3. The van der Waals surface area contributed by atoms with Gasteiger partial charge in [-0.3, -0.25) is 4.79 Å². The van der Waals surface area contributed by atoms with E-state index in [9.17, 15) is 27.9 Å². The van der Waals surface area contributed by atoms with Crippen molar-refractivity contribution in [2.75, 3.05) is 50.5 Å². The molecule has 0 bridgehead atoms. The molecule has 2 aromatic carbocycles. The summed E-state index contributed by atoms with van der Waals surface area (Å²) in [5.41, 5.74) is -0.118. The maximum absolute atomic E-state index is 14.4. The van der Waals surface area contributed by atoms with Gasteiger partial charge in [-0.05, 0) is 101 Å². The van der Waals surface area contributed by atoms with Crippen LogP contribution in [0.1, 0.15) is 88.1 Å². The minimum atomic E-state index is -4.49. The van der Waals surface area contributed by atoms with Crippen LogP contribution in [-0.2, 0) is 10.9 Å². The van der Waals surface area contributed by atoms with Gasteiger partial charge in [-0.1, -0.05) is 26.2 Å². The summed E-state index contributed by atoms with van der Waals surface area (Å²) >= 11 is 0. The number of aliphatic hydroxyl groups excluding tert-OH is 1. The molecule has 0 unspecified atom stereocenters. The minimum Gasteiger partial charge on any atom is -0.490 e. The average Bonchev–Trinajstić information content (AvgIpc) is 3.06. The second-order valence-corrected chi connectivity index (χ2v) is 13.9. The molecule has 0 saturated heterocycles. The summed E-state index contributed by atoms with van der Waals surface area (Å²) in [5.74, 6) is 0.659. The molecule has 1 fully saturated rings. The fourth-order valence-electron chi connectivity index (χ4n) is 6.69. The Balaban J connectivity index is 1.55. The average molecular weight is 691 g/mol. The van der Waals surface area contributed by atoms with Gasteiger partial charge in [0, 0.05) is 43.5 Å². The van der Waals surface area contributed by atoms with Gasteiger partial charge < -0.3 is 35.0 Å². The van der Waals surface area contributed by atoms with Crippen LogP contribution in [0.5, 0.6) is 5.75 Å². The van der Waals surface area contributed by atoms with Crippen molar-refractivity contribution in [1.82, 2.24) is 9.80 Å². The molecule has 1 aliphatic carbocycles. The van der Waals surface area contributed by atoms with Crippen LogP contribution >= 0.6 is 0 Å². The quantitative estimate of drug-likeness (QED) is 0.263. The Morgan fingerprint density at radius 1 is 0.980 bits per heavy atom. The number of carbonyl (C=O) groups excluding carboxylic acids is 2. The van der Waals surface area contributed by atoms with Gasteiger partial charge in [0.15, 0.2) is 0 Å². The van der Waals surface area contributed by atoms with Gasteiger partial charge in [0.1, 0.15) is 5.75 Å². The topological polar surface area (TPSA) is 103 Å². The maximum Gasteiger partial charge on any atom is 0.416 e. The zero-order valence-corrected chi connectivity index (χ0v) is 29.2. The summed E-state index contributed by atoms with van der Waals surface area (Å²) in [6, 6.07) is 7.72. The normalized spacial score (nSPS) is 22.5. The molecule has 9 nitrogen and oxygen atoms in total. The monoisotopic (exact) mass is 690 g/mol. The number of fused-ring (bicyclic) bond motifs is 1. The lowest BCUT2D eigenvalue weighted by Gasteiger charge is -2.36. The van der Waals surface area contributed by atoms with E-state index in [4.69, 9.17) is 9.47 Å². The van der Waals surface area contributed by atoms with E-state index in [1.165, 1.54) is 50.3 Å². The molecular weight excluding hydrogens is 637 g/mol. The first-order valence-electron chi connectivity index (χ1n) is 17.6. The van der Waals surface area contributed by atoms with Crippen molar-refractivity contribution in [3.63, 3.8) is 0 Å². The molecule has 2 aromatic rings. The maximum atomic E-state index is 14.4. The Morgan fingerprint density at radius 3 is 2.31 bits per heavy atom. The summed E-state index contributed by atoms with van der Waals surface area (Å²) in [5, 5.41) is 15.4. The van der Waals surface area contributed by atoms with Crippen LogP contribution < -0.4 is 15.4 Å². The van der Waals surface area contributed by atoms with Gasteiger partial charge in [-0.15, -0.1) is 0 Å². The summed E-state index contributed by atoms with van der Waals surface area (Å²) in [6.45, 7) is 8.29. The van der Waals surface area contributed by atoms with E-state index in [1.807, 2.05) is 6.92 Å². The van der Waals surface area contributed by atoms with E-state index in [0.717, 1.165) is 44.5 Å². The zero-order valence-electron chi connectivity index (χ0n) is 29.2. The number of alkyl halides is 3. The SMILES string of the molecule is C[C@H]1CCCCO[C@@H](CN(C)CC2CCCCC2)[C@@H](C)CN([C@@H](C)CO)C(=O)c2cc(NC(=O)Nc3ccc(C(F)(F)F)cc3)ccc2O1. The molecule has 1 heterocycles. The number of nitrogens with one attached hydrogen (secondary N) is 2. The van der Waals surface area contributed by atoms with Crippen LogP contribution in [0.4, 0.5) is 29.3 Å². The van der Waals surface area contributed by atoms with Crippen molar-refractivity contribution >= 4 is 23.3 Å². The molecule has 3 N–H and O–H groups in total. The number of anilines is 2. The Labute approximate surface area is 288 Å². The number of likely N-dealkylation sites (N-methyl/N-ethyl adjacent to an activating group) is 1. The van der Waals surface area contributed by atoms with Crippen LogP contribution in [0.3, 0.4) is 0 Å². The summed E-state index contributed by atoms with van der Waals surface area (Å²) < 4.78 is 51.6. The minimum absolute atomic E-state index is 0.0474. The number of nitrogens with zero attached hydrogens (tertiary/aromatic N) is 2. The highest BCUT2D eigenvalue weighted by atomic mass is 19.4. The predicted molar refractivity (Wildman–Crippen MR) is 185 cm³/mol. The second-order valence-electron chi connectivity index (χ2n) is 13.9. The lowest BCUT2D eigenvalue weighted by atomic mass is 9.89. The largest absolute Gasteiger partial charge is 0.490 e. The van der Waals surface area contributed by atoms with Crippen molar-refractivity contribution in [3.8, 4) is 5.75 Å². The number of ether oxygens (including phenoxy) is 2. The van der Waals surface area contributed by atoms with Gasteiger partial charge in [0.05, 0.1) is 36.0 Å². The number of hydrogen-bond acceptors (Lipinski definition) is 6. The number of rotatable bonds is 8. The number of urea groups is 1. The van der Waals surface area contributed by atoms with Crippen LogP contribution in [0.2, 0.25) is 0 Å². The first kappa shape index (κ1) is 38.5. The Bertz CT molecular complexity index is 1350. The number of carbonyl (C=O) groups is 2.